The fourth-order valence-electron chi connectivity index (χ4n) is 14.6. The van der Waals surface area contributed by atoms with Gasteiger partial charge in [-0.1, -0.05) is 117 Å². The smallest absolute Gasteiger partial charge is 0.187 e. The Hall–Kier alpha value is -2.48. The quantitative estimate of drug-likeness (QED) is 0.0296. The zero-order valence-corrected chi connectivity index (χ0v) is 62.3. The summed E-state index contributed by atoms with van der Waals surface area (Å²) in [7, 11) is 16.3. The lowest BCUT2D eigenvalue weighted by Gasteiger charge is -2.46. The molecule has 6 heterocycles. The third-order valence-corrected chi connectivity index (χ3v) is 21.1. The van der Waals surface area contributed by atoms with E-state index in [1.807, 2.05) is 96.2 Å². The van der Waals surface area contributed by atoms with Crippen molar-refractivity contribution in [1.82, 2.24) is 0 Å². The molecule has 3 N–H and O–H groups in total. The molecular weight excluding hydrogens is 1260 g/mol. The maximum absolute atomic E-state index is 11.5. The molecule has 0 aromatic heterocycles. The van der Waals surface area contributed by atoms with Gasteiger partial charge < -0.3 is 110 Å². The molecule has 0 radical (unpaired) electrons. The van der Waals surface area contributed by atoms with E-state index in [1.54, 1.807) is 71.1 Å². The zero-order chi connectivity index (χ0) is 71.4. The van der Waals surface area contributed by atoms with E-state index in [1.165, 1.54) is 0 Å². The van der Waals surface area contributed by atoms with E-state index in [0.29, 0.717) is 6.42 Å². The maximum atomic E-state index is 11.5. The standard InChI is InChI=1S/C74H126O23/c1-23-49(78-13)46(10)60-63(92-60)54(75)40(4)29-26-32-43(7)57-52(39-53(81-16)72(87-22)95-57)88-35-37-90-74-71(86-21)68(84-19)69(59(97-74)45(9)34-28-31-42(6)56(77)65-62(94-65)48(12)51(25-3)80-15)89-36-38-91-73-70(85-20)67(83-18)66(82-17)58(96-73)44(8)33-27-30-41(5)55(76)64-61(93-64)47(11)50(24-2)79-14/h26-34,40-42,46-77H,23-25,35-39H2,1-22H3/b29-26+,30-27+,31-28+,43-32+,44-33+,45-34+/t40-,41-,42-,46+,47+,48+,49-,50-,51-,52-,53+,54+,55+,56+,57-,58+,59+,60+,61+,62-,63+,64+,65-,66-,67-,68-,69-,70+,71+,72+,73-,74-/m0/s1. The van der Waals surface area contributed by atoms with Crippen LogP contribution in [0.15, 0.2) is 71.4 Å². The molecule has 32 atom stereocenters. The summed E-state index contributed by atoms with van der Waals surface area (Å²) < 4.78 is 124. The molecule has 0 aliphatic carbocycles. The number of aliphatic hydroxyl groups is 3. The van der Waals surface area contributed by atoms with Gasteiger partial charge in [0.25, 0.3) is 0 Å². The third kappa shape index (κ3) is 21.8. The summed E-state index contributed by atoms with van der Waals surface area (Å²) in [6.45, 7) is 24.8. The molecule has 0 amide bonds. The first kappa shape index (κ1) is 83.5. The highest BCUT2D eigenvalue weighted by atomic mass is 16.7. The maximum Gasteiger partial charge on any atom is 0.187 e. The highest BCUT2D eigenvalue weighted by Gasteiger charge is 2.54. The Morgan fingerprint density at radius 3 is 1.03 bits per heavy atom. The van der Waals surface area contributed by atoms with Crippen LogP contribution < -0.4 is 0 Å². The molecule has 6 aliphatic heterocycles. The van der Waals surface area contributed by atoms with Crippen LogP contribution in [0, 0.1) is 35.5 Å². The molecule has 23 nitrogen and oxygen atoms in total. The molecule has 6 aliphatic rings. The van der Waals surface area contributed by atoms with Crippen molar-refractivity contribution in [3.63, 3.8) is 0 Å². The van der Waals surface area contributed by atoms with Crippen molar-refractivity contribution in [2.24, 2.45) is 35.5 Å². The molecule has 6 saturated heterocycles. The highest BCUT2D eigenvalue weighted by molar-refractivity contribution is 5.22. The van der Waals surface area contributed by atoms with E-state index >= 15 is 0 Å². The Bertz CT molecular complexity index is 2430. The number of allylic oxidation sites excluding steroid dienone is 6. The number of methoxy groups -OCH3 is 10. The van der Waals surface area contributed by atoms with Gasteiger partial charge in [0.05, 0.1) is 87.5 Å². The van der Waals surface area contributed by atoms with Gasteiger partial charge in [-0.25, -0.2) is 0 Å². The Balaban J connectivity index is 1.15. The predicted molar refractivity (Wildman–Crippen MR) is 365 cm³/mol. The molecular formula is C74H126O23. The van der Waals surface area contributed by atoms with E-state index in [0.717, 1.165) is 36.0 Å². The first-order chi connectivity index (χ1) is 46.6. The summed E-state index contributed by atoms with van der Waals surface area (Å²) >= 11 is 0. The van der Waals surface area contributed by atoms with Crippen molar-refractivity contribution in [1.29, 1.82) is 0 Å². The second-order valence-corrected chi connectivity index (χ2v) is 27.3. The van der Waals surface area contributed by atoms with Crippen LogP contribution in [0.2, 0.25) is 0 Å². The summed E-state index contributed by atoms with van der Waals surface area (Å²) in [6, 6.07) is 0. The number of hydrogen-bond donors (Lipinski definition) is 3. The summed E-state index contributed by atoms with van der Waals surface area (Å²) in [5.74, 6) is -0.167. The molecule has 0 aromatic carbocycles. The average molecular weight is 1380 g/mol. The van der Waals surface area contributed by atoms with Gasteiger partial charge in [0.15, 0.2) is 18.9 Å². The monoisotopic (exact) mass is 1380 g/mol. The van der Waals surface area contributed by atoms with Crippen LogP contribution in [0.25, 0.3) is 0 Å². The minimum absolute atomic E-state index is 0.0340. The zero-order valence-electron chi connectivity index (χ0n) is 62.3. The lowest BCUT2D eigenvalue weighted by molar-refractivity contribution is -0.315. The molecule has 0 bridgehead atoms. The molecule has 0 spiro atoms. The Morgan fingerprint density at radius 2 is 0.691 bits per heavy atom. The van der Waals surface area contributed by atoms with Crippen molar-refractivity contribution in [2.45, 2.75) is 268 Å². The molecule has 0 saturated carbocycles. The largest absolute Gasteiger partial charge is 0.390 e. The van der Waals surface area contributed by atoms with Gasteiger partial charge in [0, 0.05) is 113 Å². The van der Waals surface area contributed by atoms with Crippen molar-refractivity contribution in [3.8, 4) is 0 Å². The van der Waals surface area contributed by atoms with E-state index in [2.05, 4.69) is 41.5 Å². The van der Waals surface area contributed by atoms with Gasteiger partial charge >= 0.3 is 0 Å². The van der Waals surface area contributed by atoms with Crippen LogP contribution in [0.5, 0.6) is 0 Å². The molecule has 6 rings (SSSR count). The molecule has 560 valence electrons. The number of epoxide rings is 3. The lowest BCUT2D eigenvalue weighted by atomic mass is 9.91. The SMILES string of the molecule is CC[C@H](OC)[C@@H](C)[C@H]1O[C@@H]1[C@H](O)[C@@H](C)/C=C/C=C(\C)[C@H]1O[C@H](OCCO[C@@H]2[C@H](OC)[C@@H](OC)[C@@H](OCCO[C@H]3C[C@@H](OC)[C@H](OC)O[C@H]3/C(C)=C/C=C/[C@H](C)[C@@H](O)[C@H]3O[C@@H]3[C@H](C)[C@H](CC)OC)O[C@@H]2/C(C)=C/C=C/[C@H](C)[C@@H](O)[C@@H]2O[C@H]2[C@H](C)[C@H](CC)OC)[C@H](OC)[C@@H](OC)[C@H]1OC. The van der Waals surface area contributed by atoms with Gasteiger partial charge in [-0.15, -0.1) is 0 Å². The minimum Gasteiger partial charge on any atom is -0.390 e. The van der Waals surface area contributed by atoms with Crippen LogP contribution in [-0.2, 0) is 94.7 Å². The molecule has 97 heavy (non-hydrogen) atoms. The van der Waals surface area contributed by atoms with Gasteiger partial charge in [0.2, 0.25) is 0 Å². The van der Waals surface area contributed by atoms with Crippen LogP contribution in [0.3, 0.4) is 0 Å². The van der Waals surface area contributed by atoms with Crippen LogP contribution >= 0.6 is 0 Å². The normalized spacial score (nSPS) is 36.6. The van der Waals surface area contributed by atoms with Crippen molar-refractivity contribution in [3.05, 3.63) is 71.4 Å². The Kier molecular flexibility index (Phi) is 35.4. The lowest BCUT2D eigenvalue weighted by Crippen LogP contribution is -2.61. The number of aliphatic hydroxyl groups excluding tert-OH is 3. The van der Waals surface area contributed by atoms with Crippen LogP contribution in [0.4, 0.5) is 0 Å². The van der Waals surface area contributed by atoms with Crippen LogP contribution in [-0.4, -0.2) is 272 Å². The Morgan fingerprint density at radius 1 is 0.361 bits per heavy atom. The van der Waals surface area contributed by atoms with E-state index < -0.39 is 104 Å². The summed E-state index contributed by atoms with van der Waals surface area (Å²) in [6.07, 6.45) is 8.38. The molecule has 0 unspecified atom stereocenters. The third-order valence-electron chi connectivity index (χ3n) is 21.1. The number of rotatable bonds is 44. The fourth-order valence-corrected chi connectivity index (χ4v) is 14.6. The summed E-state index contributed by atoms with van der Waals surface area (Å²) in [5.41, 5.74) is 2.53. The molecule has 0 aromatic rings. The first-order valence-electron chi connectivity index (χ1n) is 35.3. The first-order valence-corrected chi connectivity index (χ1v) is 35.3. The second kappa shape index (κ2) is 41.1. The van der Waals surface area contributed by atoms with Crippen molar-refractivity contribution >= 4 is 0 Å². The topological polar surface area (TPSA) is 255 Å². The summed E-state index contributed by atoms with van der Waals surface area (Å²) in [5, 5.41) is 34.0. The van der Waals surface area contributed by atoms with Gasteiger partial charge in [-0.2, -0.15) is 0 Å². The van der Waals surface area contributed by atoms with Crippen molar-refractivity contribution < 1.29 is 110 Å². The van der Waals surface area contributed by atoms with Gasteiger partial charge in [-0.3, -0.25) is 0 Å². The van der Waals surface area contributed by atoms with Gasteiger partial charge in [-0.05, 0) is 56.8 Å². The minimum atomic E-state index is -0.949. The second-order valence-electron chi connectivity index (χ2n) is 27.3. The number of ether oxygens (including phenoxy) is 20. The van der Waals surface area contributed by atoms with Gasteiger partial charge in [0.1, 0.15) is 79.4 Å². The summed E-state index contributed by atoms with van der Waals surface area (Å²) in [4.78, 5) is 0. The molecule has 23 heteroatoms. The van der Waals surface area contributed by atoms with Crippen LogP contribution in [0.1, 0.15) is 109 Å². The number of hydrogen-bond acceptors (Lipinski definition) is 23. The fraction of sp³-hybridized carbons (Fsp3) is 0.838. The highest BCUT2D eigenvalue weighted by Crippen LogP contribution is 2.42. The average Bonchev–Trinajstić information content (AvgIpc) is 1.60. The Labute approximate surface area is 580 Å². The molecule has 6 fully saturated rings. The van der Waals surface area contributed by atoms with E-state index in [9.17, 15) is 15.3 Å². The van der Waals surface area contributed by atoms with Crippen molar-refractivity contribution in [2.75, 3.05) is 97.5 Å². The predicted octanol–water partition coefficient (Wildman–Crippen LogP) is 8.08. The van der Waals surface area contributed by atoms with E-state index in [4.69, 9.17) is 94.7 Å². The van der Waals surface area contributed by atoms with E-state index in [-0.39, 0.29) is 117 Å².